The minimum absolute atomic E-state index is 0.0722. The molecule has 0 atom stereocenters. The Kier molecular flexibility index (Phi) is 7.16. The second-order valence-corrected chi connectivity index (χ2v) is 4.68. The van der Waals surface area contributed by atoms with Gasteiger partial charge in [0.15, 0.2) is 0 Å². The molecule has 0 aromatic heterocycles. The molecule has 0 bridgehead atoms. The third kappa shape index (κ3) is 4.91. The van der Waals surface area contributed by atoms with Crippen LogP contribution in [0.4, 0.5) is 0 Å². The summed E-state index contributed by atoms with van der Waals surface area (Å²) in [4.78, 5) is 12.0. The monoisotopic (exact) mass is 247 g/mol. The summed E-state index contributed by atoms with van der Waals surface area (Å²) < 4.78 is 0. The first-order valence-electron chi connectivity index (χ1n) is 7.15. The fourth-order valence-corrected chi connectivity index (χ4v) is 2.08. The van der Waals surface area contributed by atoms with Crippen LogP contribution in [0.15, 0.2) is 24.3 Å². The summed E-state index contributed by atoms with van der Waals surface area (Å²) in [6.45, 7) is 5.08. The maximum absolute atomic E-state index is 12.0. The fourth-order valence-electron chi connectivity index (χ4n) is 2.08. The van der Waals surface area contributed by atoms with Crippen molar-refractivity contribution >= 4 is 5.91 Å². The fraction of sp³-hybridized carbons (Fsp3) is 0.562. The Morgan fingerprint density at radius 2 is 1.78 bits per heavy atom. The maximum Gasteiger partial charge on any atom is 0.251 e. The molecule has 0 radical (unpaired) electrons. The van der Waals surface area contributed by atoms with Crippen LogP contribution in [-0.2, 0) is 6.42 Å². The van der Waals surface area contributed by atoms with E-state index in [0.29, 0.717) is 0 Å². The number of unbranched alkanes of at least 4 members (excludes halogenated alkanes) is 4. The molecule has 2 nitrogen and oxygen atoms in total. The zero-order chi connectivity index (χ0) is 13.2. The minimum atomic E-state index is 0.0722. The number of aryl methyl sites for hydroxylation is 1. The zero-order valence-corrected chi connectivity index (χ0v) is 11.7. The van der Waals surface area contributed by atoms with E-state index in [1.54, 1.807) is 0 Å². The second kappa shape index (κ2) is 8.73. The van der Waals surface area contributed by atoms with Gasteiger partial charge in [-0.3, -0.25) is 4.79 Å². The smallest absolute Gasteiger partial charge is 0.251 e. The predicted molar refractivity (Wildman–Crippen MR) is 76.9 cm³/mol. The Labute approximate surface area is 111 Å². The van der Waals surface area contributed by atoms with Gasteiger partial charge in [-0.15, -0.1) is 0 Å². The molecule has 1 N–H and O–H groups in total. The number of amides is 1. The van der Waals surface area contributed by atoms with Crippen LogP contribution in [0.2, 0.25) is 0 Å². The molecule has 0 unspecified atom stereocenters. The zero-order valence-electron chi connectivity index (χ0n) is 11.7. The summed E-state index contributed by atoms with van der Waals surface area (Å²) in [5.74, 6) is 0.0722. The highest BCUT2D eigenvalue weighted by Gasteiger charge is 2.08. The van der Waals surface area contributed by atoms with E-state index in [1.807, 2.05) is 24.3 Å². The van der Waals surface area contributed by atoms with Gasteiger partial charge < -0.3 is 5.32 Å². The lowest BCUT2D eigenvalue weighted by Crippen LogP contribution is -2.25. The van der Waals surface area contributed by atoms with Crippen LogP contribution >= 0.6 is 0 Å². The highest BCUT2D eigenvalue weighted by atomic mass is 16.1. The van der Waals surface area contributed by atoms with Crippen molar-refractivity contribution in [1.82, 2.24) is 5.32 Å². The lowest BCUT2D eigenvalue weighted by molar-refractivity contribution is 0.0952. The average Bonchev–Trinajstić information content (AvgIpc) is 2.42. The molecule has 100 valence electrons. The molecule has 0 heterocycles. The van der Waals surface area contributed by atoms with E-state index in [2.05, 4.69) is 19.2 Å². The van der Waals surface area contributed by atoms with Crippen molar-refractivity contribution in [3.63, 3.8) is 0 Å². The maximum atomic E-state index is 12.0. The third-order valence-corrected chi connectivity index (χ3v) is 3.21. The molecule has 0 aliphatic carbocycles. The van der Waals surface area contributed by atoms with Crippen LogP contribution in [0.1, 0.15) is 61.9 Å². The largest absolute Gasteiger partial charge is 0.352 e. The van der Waals surface area contributed by atoms with E-state index in [1.165, 1.54) is 25.7 Å². The Bertz CT molecular complexity index is 360. The van der Waals surface area contributed by atoms with Crippen molar-refractivity contribution < 1.29 is 4.79 Å². The van der Waals surface area contributed by atoms with Crippen molar-refractivity contribution in [2.45, 2.75) is 52.4 Å². The molecule has 0 saturated heterocycles. The van der Waals surface area contributed by atoms with Gasteiger partial charge in [-0.05, 0) is 24.5 Å². The van der Waals surface area contributed by atoms with Gasteiger partial charge in [0.2, 0.25) is 0 Å². The second-order valence-electron chi connectivity index (χ2n) is 4.68. The molecule has 1 rings (SSSR count). The average molecular weight is 247 g/mol. The number of hydrogen-bond donors (Lipinski definition) is 1. The van der Waals surface area contributed by atoms with Crippen LogP contribution < -0.4 is 5.32 Å². The van der Waals surface area contributed by atoms with Crippen LogP contribution in [0.3, 0.4) is 0 Å². The molecule has 0 aliphatic rings. The van der Waals surface area contributed by atoms with E-state index >= 15 is 0 Å². The molecule has 0 fully saturated rings. The Morgan fingerprint density at radius 3 is 2.50 bits per heavy atom. The highest BCUT2D eigenvalue weighted by molar-refractivity contribution is 5.95. The number of rotatable bonds is 8. The van der Waals surface area contributed by atoms with Crippen LogP contribution in [0.5, 0.6) is 0 Å². The van der Waals surface area contributed by atoms with Gasteiger partial charge in [0.1, 0.15) is 0 Å². The molecular weight excluding hydrogens is 222 g/mol. The van der Waals surface area contributed by atoms with Gasteiger partial charge in [0.05, 0.1) is 0 Å². The molecule has 18 heavy (non-hydrogen) atoms. The van der Waals surface area contributed by atoms with Gasteiger partial charge in [-0.25, -0.2) is 0 Å². The number of benzene rings is 1. The number of nitrogens with one attached hydrogen (secondary N) is 1. The topological polar surface area (TPSA) is 29.1 Å². The molecule has 0 saturated carbocycles. The summed E-state index contributed by atoms with van der Waals surface area (Å²) in [6.07, 6.45) is 7.03. The van der Waals surface area contributed by atoms with E-state index in [4.69, 9.17) is 0 Å². The Balaban J connectivity index is 2.32. The summed E-state index contributed by atoms with van der Waals surface area (Å²) in [5, 5.41) is 3.01. The predicted octanol–water partition coefficient (Wildman–Crippen LogP) is 3.95. The van der Waals surface area contributed by atoms with Crippen molar-refractivity contribution in [2.75, 3.05) is 6.54 Å². The number of carbonyl (C=O) groups excluding carboxylic acids is 1. The Morgan fingerprint density at radius 1 is 1.06 bits per heavy atom. The van der Waals surface area contributed by atoms with Gasteiger partial charge in [-0.1, -0.05) is 57.7 Å². The summed E-state index contributed by atoms with van der Waals surface area (Å²) in [5.41, 5.74) is 1.95. The van der Waals surface area contributed by atoms with Crippen LogP contribution in [-0.4, -0.2) is 12.5 Å². The van der Waals surface area contributed by atoms with Crippen molar-refractivity contribution in [2.24, 2.45) is 0 Å². The molecule has 1 aromatic rings. The molecule has 2 heteroatoms. The molecule has 1 aromatic carbocycles. The van der Waals surface area contributed by atoms with Gasteiger partial charge in [0.25, 0.3) is 5.91 Å². The van der Waals surface area contributed by atoms with E-state index in [-0.39, 0.29) is 5.91 Å². The van der Waals surface area contributed by atoms with Gasteiger partial charge in [-0.2, -0.15) is 0 Å². The first kappa shape index (κ1) is 14.7. The highest BCUT2D eigenvalue weighted by Crippen LogP contribution is 2.09. The third-order valence-electron chi connectivity index (χ3n) is 3.21. The van der Waals surface area contributed by atoms with E-state index in [0.717, 1.165) is 30.5 Å². The molecule has 1 amide bonds. The summed E-state index contributed by atoms with van der Waals surface area (Å²) >= 11 is 0. The van der Waals surface area contributed by atoms with E-state index in [9.17, 15) is 4.79 Å². The molecule has 0 spiro atoms. The first-order chi connectivity index (χ1) is 8.79. The number of hydrogen-bond acceptors (Lipinski definition) is 1. The summed E-state index contributed by atoms with van der Waals surface area (Å²) in [6, 6.07) is 7.84. The lowest BCUT2D eigenvalue weighted by atomic mass is 10.0. The number of carbonyl (C=O) groups is 1. The minimum Gasteiger partial charge on any atom is -0.352 e. The standard InChI is InChI=1S/C16H25NO/c1-3-5-6-7-10-13-17-16(18)15-12-9-8-11-14(15)4-2/h8-9,11-12H,3-7,10,13H2,1-2H3,(H,17,18). The summed E-state index contributed by atoms with van der Waals surface area (Å²) in [7, 11) is 0. The first-order valence-corrected chi connectivity index (χ1v) is 7.15. The van der Waals surface area contributed by atoms with Crippen molar-refractivity contribution in [3.8, 4) is 0 Å². The quantitative estimate of drug-likeness (QED) is 0.692. The lowest BCUT2D eigenvalue weighted by Gasteiger charge is -2.08. The molecular formula is C16H25NO. The SMILES string of the molecule is CCCCCCCNC(=O)c1ccccc1CC. The van der Waals surface area contributed by atoms with Gasteiger partial charge in [0, 0.05) is 12.1 Å². The molecule has 0 aliphatic heterocycles. The Hall–Kier alpha value is -1.31. The van der Waals surface area contributed by atoms with Crippen LogP contribution in [0, 0.1) is 0 Å². The van der Waals surface area contributed by atoms with Crippen molar-refractivity contribution in [3.05, 3.63) is 35.4 Å². The van der Waals surface area contributed by atoms with Crippen LogP contribution in [0.25, 0.3) is 0 Å². The van der Waals surface area contributed by atoms with Gasteiger partial charge >= 0.3 is 0 Å². The van der Waals surface area contributed by atoms with Crippen molar-refractivity contribution in [1.29, 1.82) is 0 Å². The normalized spacial score (nSPS) is 10.3. The van der Waals surface area contributed by atoms with E-state index < -0.39 is 0 Å².